The standard InChI is InChI=1S/C13H19ClFNO/c1-9(8-16-13(2,3)4)17-10-5-6-11(14)12(15)7-10/h5-7,9,16H,8H2,1-4H3. The maximum Gasteiger partial charge on any atom is 0.145 e. The Morgan fingerprint density at radius 2 is 2.06 bits per heavy atom. The predicted molar refractivity (Wildman–Crippen MR) is 69.3 cm³/mol. The average Bonchev–Trinajstić information content (AvgIpc) is 2.20. The van der Waals surface area contributed by atoms with Crippen LogP contribution in [-0.4, -0.2) is 18.2 Å². The summed E-state index contributed by atoms with van der Waals surface area (Å²) >= 11 is 5.60. The minimum absolute atomic E-state index is 0.0326. The number of hydrogen-bond donors (Lipinski definition) is 1. The molecule has 0 aromatic heterocycles. The highest BCUT2D eigenvalue weighted by molar-refractivity contribution is 6.30. The second kappa shape index (κ2) is 5.69. The van der Waals surface area contributed by atoms with E-state index in [1.54, 1.807) is 6.07 Å². The van der Waals surface area contributed by atoms with Crippen LogP contribution in [-0.2, 0) is 0 Å². The Balaban J connectivity index is 2.50. The first-order valence-corrected chi connectivity index (χ1v) is 6.02. The van der Waals surface area contributed by atoms with Crippen LogP contribution in [0, 0.1) is 5.82 Å². The van der Waals surface area contributed by atoms with E-state index < -0.39 is 5.82 Å². The summed E-state index contributed by atoms with van der Waals surface area (Å²) in [7, 11) is 0. The van der Waals surface area contributed by atoms with E-state index in [9.17, 15) is 4.39 Å². The molecule has 0 heterocycles. The van der Waals surface area contributed by atoms with Gasteiger partial charge in [-0.05, 0) is 39.8 Å². The van der Waals surface area contributed by atoms with E-state index in [1.165, 1.54) is 12.1 Å². The van der Waals surface area contributed by atoms with Crippen molar-refractivity contribution in [3.05, 3.63) is 29.0 Å². The normalized spacial score (nSPS) is 13.5. The Morgan fingerprint density at radius 1 is 1.41 bits per heavy atom. The van der Waals surface area contributed by atoms with Crippen LogP contribution in [0.25, 0.3) is 0 Å². The average molecular weight is 260 g/mol. The lowest BCUT2D eigenvalue weighted by Gasteiger charge is -2.24. The molecule has 0 saturated heterocycles. The van der Waals surface area contributed by atoms with Gasteiger partial charge in [-0.1, -0.05) is 11.6 Å². The number of halogens is 2. The van der Waals surface area contributed by atoms with Gasteiger partial charge < -0.3 is 10.1 Å². The van der Waals surface area contributed by atoms with E-state index in [0.717, 1.165) is 0 Å². The zero-order chi connectivity index (χ0) is 13.1. The second-order valence-electron chi connectivity index (χ2n) is 5.14. The molecule has 0 aliphatic heterocycles. The summed E-state index contributed by atoms with van der Waals surface area (Å²) < 4.78 is 18.8. The van der Waals surface area contributed by atoms with Gasteiger partial charge in [0.05, 0.1) is 5.02 Å². The highest BCUT2D eigenvalue weighted by Gasteiger charge is 2.12. The van der Waals surface area contributed by atoms with Crippen molar-refractivity contribution in [1.29, 1.82) is 0 Å². The molecule has 17 heavy (non-hydrogen) atoms. The maximum absolute atomic E-state index is 13.2. The van der Waals surface area contributed by atoms with E-state index in [2.05, 4.69) is 26.1 Å². The van der Waals surface area contributed by atoms with Crippen LogP contribution in [0.4, 0.5) is 4.39 Å². The number of ether oxygens (including phenoxy) is 1. The molecule has 0 saturated carbocycles. The Morgan fingerprint density at radius 3 is 2.59 bits per heavy atom. The van der Waals surface area contributed by atoms with Crippen LogP contribution in [0.1, 0.15) is 27.7 Å². The van der Waals surface area contributed by atoms with E-state index in [1.807, 2.05) is 6.92 Å². The minimum Gasteiger partial charge on any atom is -0.489 e. The Kier molecular flexibility index (Phi) is 4.78. The molecule has 1 N–H and O–H groups in total. The molecule has 2 nitrogen and oxygen atoms in total. The van der Waals surface area contributed by atoms with Gasteiger partial charge in [-0.3, -0.25) is 0 Å². The van der Waals surface area contributed by atoms with E-state index in [0.29, 0.717) is 12.3 Å². The molecule has 0 aliphatic carbocycles. The predicted octanol–water partition coefficient (Wildman–Crippen LogP) is 3.63. The molecule has 0 fully saturated rings. The van der Waals surface area contributed by atoms with Crippen molar-refractivity contribution in [2.24, 2.45) is 0 Å². The van der Waals surface area contributed by atoms with Gasteiger partial charge in [0.2, 0.25) is 0 Å². The zero-order valence-electron chi connectivity index (χ0n) is 10.7. The maximum atomic E-state index is 13.2. The smallest absolute Gasteiger partial charge is 0.145 e. The molecule has 0 aliphatic rings. The van der Waals surface area contributed by atoms with Crippen molar-refractivity contribution in [2.75, 3.05) is 6.54 Å². The molecule has 1 aromatic rings. The summed E-state index contributed by atoms with van der Waals surface area (Å²) in [5.74, 6) is 0.0373. The molecule has 1 rings (SSSR count). The minimum atomic E-state index is -0.458. The number of nitrogens with one attached hydrogen (secondary N) is 1. The number of rotatable bonds is 4. The Bertz CT molecular complexity index is 376. The van der Waals surface area contributed by atoms with E-state index >= 15 is 0 Å². The summed E-state index contributed by atoms with van der Waals surface area (Å²) in [6, 6.07) is 4.46. The quantitative estimate of drug-likeness (QED) is 0.892. The van der Waals surface area contributed by atoms with Crippen LogP contribution in [0.15, 0.2) is 18.2 Å². The summed E-state index contributed by atoms with van der Waals surface area (Å²) in [6.07, 6.45) is -0.0326. The molecule has 1 atom stereocenters. The van der Waals surface area contributed by atoms with Crippen molar-refractivity contribution < 1.29 is 9.13 Å². The van der Waals surface area contributed by atoms with E-state index in [4.69, 9.17) is 16.3 Å². The first kappa shape index (κ1) is 14.3. The van der Waals surface area contributed by atoms with E-state index in [-0.39, 0.29) is 16.7 Å². The summed E-state index contributed by atoms with van der Waals surface area (Å²) in [4.78, 5) is 0. The van der Waals surface area contributed by atoms with Crippen LogP contribution in [0.5, 0.6) is 5.75 Å². The van der Waals surface area contributed by atoms with Gasteiger partial charge in [0.1, 0.15) is 17.7 Å². The fourth-order valence-corrected chi connectivity index (χ4v) is 1.39. The van der Waals surface area contributed by atoms with Crippen molar-refractivity contribution in [3.8, 4) is 5.75 Å². The fraction of sp³-hybridized carbons (Fsp3) is 0.538. The fourth-order valence-electron chi connectivity index (χ4n) is 1.27. The SMILES string of the molecule is CC(CNC(C)(C)C)Oc1ccc(Cl)c(F)c1. The van der Waals surface area contributed by atoms with Gasteiger partial charge in [-0.25, -0.2) is 4.39 Å². The van der Waals surface area contributed by atoms with Crippen LogP contribution in [0.3, 0.4) is 0 Å². The van der Waals surface area contributed by atoms with Crippen molar-refractivity contribution in [3.63, 3.8) is 0 Å². The summed E-state index contributed by atoms with van der Waals surface area (Å²) in [5.41, 5.74) is 0.0445. The number of hydrogen-bond acceptors (Lipinski definition) is 2. The van der Waals surface area contributed by atoms with Crippen molar-refractivity contribution in [2.45, 2.75) is 39.3 Å². The van der Waals surface area contributed by atoms with Gasteiger partial charge in [0.15, 0.2) is 0 Å². The van der Waals surface area contributed by atoms with Crippen LogP contribution < -0.4 is 10.1 Å². The topological polar surface area (TPSA) is 21.3 Å². The molecule has 96 valence electrons. The molecule has 1 aromatic carbocycles. The third-order valence-corrected chi connectivity index (χ3v) is 2.45. The largest absolute Gasteiger partial charge is 0.489 e. The molecule has 0 spiro atoms. The summed E-state index contributed by atoms with van der Waals surface area (Å²) in [5, 5.41) is 3.43. The molecule has 0 amide bonds. The van der Waals surface area contributed by atoms with Gasteiger partial charge in [0.25, 0.3) is 0 Å². The Labute approximate surface area is 107 Å². The lowest BCUT2D eigenvalue weighted by molar-refractivity contribution is 0.202. The van der Waals surface area contributed by atoms with Gasteiger partial charge >= 0.3 is 0 Å². The molecule has 0 bridgehead atoms. The molecule has 4 heteroatoms. The lowest BCUT2D eigenvalue weighted by atomic mass is 10.1. The van der Waals surface area contributed by atoms with Crippen molar-refractivity contribution >= 4 is 11.6 Å². The highest BCUT2D eigenvalue weighted by Crippen LogP contribution is 2.21. The van der Waals surface area contributed by atoms with Crippen molar-refractivity contribution in [1.82, 2.24) is 5.32 Å². The molecular weight excluding hydrogens is 241 g/mol. The lowest BCUT2D eigenvalue weighted by Crippen LogP contribution is -2.41. The molecular formula is C13H19ClFNO. The van der Waals surface area contributed by atoms with Crippen LogP contribution in [0.2, 0.25) is 5.02 Å². The van der Waals surface area contributed by atoms with Gasteiger partial charge in [-0.2, -0.15) is 0 Å². The monoisotopic (exact) mass is 259 g/mol. The third kappa shape index (κ3) is 5.37. The first-order chi connectivity index (χ1) is 7.78. The summed E-state index contributed by atoms with van der Waals surface area (Å²) in [6.45, 7) is 8.89. The Hall–Kier alpha value is -0.800. The van der Waals surface area contributed by atoms with Crippen LogP contribution >= 0.6 is 11.6 Å². The van der Waals surface area contributed by atoms with Gasteiger partial charge in [0, 0.05) is 18.2 Å². The third-order valence-electron chi connectivity index (χ3n) is 2.15. The first-order valence-electron chi connectivity index (χ1n) is 5.64. The zero-order valence-corrected chi connectivity index (χ0v) is 11.4. The number of benzene rings is 1. The van der Waals surface area contributed by atoms with Gasteiger partial charge in [-0.15, -0.1) is 0 Å². The molecule has 1 unspecified atom stereocenters. The highest BCUT2D eigenvalue weighted by atomic mass is 35.5. The molecule has 0 radical (unpaired) electrons. The second-order valence-corrected chi connectivity index (χ2v) is 5.54.